The molecule has 1 amide bonds. The number of likely N-dealkylation sites (tertiary alicyclic amines) is 1. The van der Waals surface area contributed by atoms with Crippen molar-refractivity contribution in [2.24, 2.45) is 5.73 Å². The standard InChI is InChI=1S/C27H27Cl2FN4O3S/c1-16(19-3-2-4-22(25(19)29)37-18-7-10-33(11-8-18)12-9-30)36-23-14-24(38-26(23)27(31)35)34-15-32-20-13-17(28)5-6-21(20)34/h2-6,13-16,18H,7-12H2,1H3,(H2,31,35)/t16-/m1/s1. The maximum atomic E-state index is 12.6. The SMILES string of the molecule is C[C@@H](Oc1cc(-n2cnc3cc(Cl)ccc32)sc1C(N)=O)c1cccc(OC2CCN(CCF)CC2)c1Cl. The normalized spacial score (nSPS) is 15.6. The predicted molar refractivity (Wildman–Crippen MR) is 149 cm³/mol. The Bertz CT molecular complexity index is 1450. The van der Waals surface area contributed by atoms with Gasteiger partial charge < -0.3 is 20.1 Å². The molecule has 3 heterocycles. The molecule has 38 heavy (non-hydrogen) atoms. The van der Waals surface area contributed by atoms with Gasteiger partial charge in [-0.1, -0.05) is 35.3 Å². The molecule has 4 aromatic rings. The number of nitrogens with zero attached hydrogens (tertiary/aromatic N) is 3. The predicted octanol–water partition coefficient (Wildman–Crippen LogP) is 6.45. The lowest BCUT2D eigenvalue weighted by molar-refractivity contribution is 0.0966. The number of carbonyl (C=O) groups excluding carboxylic acids is 1. The number of ether oxygens (including phenoxy) is 2. The average Bonchev–Trinajstić information content (AvgIpc) is 3.50. The number of rotatable bonds is 9. The van der Waals surface area contributed by atoms with Gasteiger partial charge in [0.1, 0.15) is 46.6 Å². The van der Waals surface area contributed by atoms with E-state index in [1.54, 1.807) is 24.5 Å². The summed E-state index contributed by atoms with van der Waals surface area (Å²) >= 11 is 14.1. The number of alkyl halides is 1. The molecule has 2 N–H and O–H groups in total. The van der Waals surface area contributed by atoms with Crippen LogP contribution in [0, 0.1) is 0 Å². The third-order valence-electron chi connectivity index (χ3n) is 6.62. The van der Waals surface area contributed by atoms with Crippen LogP contribution in [0.15, 0.2) is 48.8 Å². The maximum Gasteiger partial charge on any atom is 0.262 e. The summed E-state index contributed by atoms with van der Waals surface area (Å²) in [5.74, 6) is 0.356. The molecule has 7 nitrogen and oxygen atoms in total. The number of hydrogen-bond donors (Lipinski definition) is 1. The number of nitrogens with two attached hydrogens (primary N) is 1. The molecular formula is C27H27Cl2FN4O3S. The van der Waals surface area contributed by atoms with Crippen molar-refractivity contribution < 1.29 is 18.7 Å². The van der Waals surface area contributed by atoms with E-state index in [1.165, 1.54) is 11.3 Å². The van der Waals surface area contributed by atoms with E-state index in [0.29, 0.717) is 33.0 Å². The first-order valence-electron chi connectivity index (χ1n) is 12.3. The van der Waals surface area contributed by atoms with E-state index >= 15 is 0 Å². The first-order valence-corrected chi connectivity index (χ1v) is 13.9. The zero-order valence-electron chi connectivity index (χ0n) is 20.7. The Morgan fingerprint density at radius 2 is 2.00 bits per heavy atom. The van der Waals surface area contributed by atoms with E-state index in [-0.39, 0.29) is 12.8 Å². The first kappa shape index (κ1) is 26.7. The first-order chi connectivity index (χ1) is 18.3. The van der Waals surface area contributed by atoms with Crippen LogP contribution in [0.1, 0.15) is 41.1 Å². The molecule has 1 fully saturated rings. The van der Waals surface area contributed by atoms with Crippen LogP contribution in [-0.2, 0) is 0 Å². The number of benzene rings is 2. The van der Waals surface area contributed by atoms with Gasteiger partial charge in [0.2, 0.25) is 0 Å². The molecule has 0 spiro atoms. The van der Waals surface area contributed by atoms with Crippen molar-refractivity contribution in [1.82, 2.24) is 14.5 Å². The van der Waals surface area contributed by atoms with Crippen molar-refractivity contribution in [2.75, 3.05) is 26.3 Å². The number of thiophene rings is 1. The van der Waals surface area contributed by atoms with E-state index in [0.717, 1.165) is 47.5 Å². The van der Waals surface area contributed by atoms with Crippen molar-refractivity contribution in [3.8, 4) is 16.5 Å². The highest BCUT2D eigenvalue weighted by molar-refractivity contribution is 7.16. The second-order valence-electron chi connectivity index (χ2n) is 9.16. The third kappa shape index (κ3) is 5.61. The quantitative estimate of drug-likeness (QED) is 0.248. The van der Waals surface area contributed by atoms with Crippen LogP contribution in [-0.4, -0.2) is 52.8 Å². The lowest BCUT2D eigenvalue weighted by Gasteiger charge is -2.31. The second-order valence-corrected chi connectivity index (χ2v) is 11.0. The van der Waals surface area contributed by atoms with Gasteiger partial charge in [0.25, 0.3) is 5.91 Å². The van der Waals surface area contributed by atoms with Crippen molar-refractivity contribution in [2.45, 2.75) is 32.0 Å². The molecule has 1 aliphatic rings. The van der Waals surface area contributed by atoms with Gasteiger partial charge in [0.15, 0.2) is 0 Å². The van der Waals surface area contributed by atoms with E-state index in [2.05, 4.69) is 9.88 Å². The number of carbonyl (C=O) groups is 1. The van der Waals surface area contributed by atoms with Crippen LogP contribution in [0.25, 0.3) is 16.0 Å². The minimum Gasteiger partial charge on any atom is -0.489 e. The van der Waals surface area contributed by atoms with Crippen LogP contribution in [0.5, 0.6) is 11.5 Å². The number of piperidine rings is 1. The van der Waals surface area contributed by atoms with E-state index in [9.17, 15) is 9.18 Å². The Balaban J connectivity index is 1.35. The van der Waals surface area contributed by atoms with Gasteiger partial charge in [0.05, 0.1) is 16.1 Å². The molecule has 200 valence electrons. The lowest BCUT2D eigenvalue weighted by atomic mass is 10.1. The molecule has 0 saturated carbocycles. The lowest BCUT2D eigenvalue weighted by Crippen LogP contribution is -2.39. The van der Waals surface area contributed by atoms with E-state index < -0.39 is 12.0 Å². The summed E-state index contributed by atoms with van der Waals surface area (Å²) in [5, 5.41) is 1.78. The number of primary amides is 1. The molecular weight excluding hydrogens is 550 g/mol. The van der Waals surface area contributed by atoms with Crippen LogP contribution >= 0.6 is 34.5 Å². The Kier molecular flexibility index (Phi) is 8.09. The Morgan fingerprint density at radius 1 is 1.21 bits per heavy atom. The van der Waals surface area contributed by atoms with Crippen molar-refractivity contribution in [3.63, 3.8) is 0 Å². The number of halogens is 3. The summed E-state index contributed by atoms with van der Waals surface area (Å²) in [6.45, 7) is 3.56. The minimum absolute atomic E-state index is 0.00983. The molecule has 2 aromatic heterocycles. The number of amides is 1. The molecule has 0 bridgehead atoms. The van der Waals surface area contributed by atoms with Gasteiger partial charge in [-0.2, -0.15) is 0 Å². The van der Waals surface area contributed by atoms with Crippen LogP contribution in [0.3, 0.4) is 0 Å². The molecule has 1 atom stereocenters. The van der Waals surface area contributed by atoms with Crippen LogP contribution in [0.4, 0.5) is 4.39 Å². The van der Waals surface area contributed by atoms with Crippen LogP contribution in [0.2, 0.25) is 10.0 Å². The third-order valence-corrected chi connectivity index (χ3v) is 8.39. The fourth-order valence-electron chi connectivity index (χ4n) is 4.64. The summed E-state index contributed by atoms with van der Waals surface area (Å²) in [6, 6.07) is 12.8. The van der Waals surface area contributed by atoms with Crippen LogP contribution < -0.4 is 15.2 Å². The van der Waals surface area contributed by atoms with E-state index in [1.807, 2.05) is 35.8 Å². The largest absolute Gasteiger partial charge is 0.489 e. The van der Waals surface area contributed by atoms with Crippen molar-refractivity contribution in [1.29, 1.82) is 0 Å². The summed E-state index contributed by atoms with van der Waals surface area (Å²) < 4.78 is 27.0. The Hall–Kier alpha value is -2.85. The molecule has 11 heteroatoms. The summed E-state index contributed by atoms with van der Waals surface area (Å²) in [4.78, 5) is 19.1. The molecule has 0 unspecified atom stereocenters. The number of aromatic nitrogens is 2. The van der Waals surface area contributed by atoms with Crippen molar-refractivity contribution in [3.05, 3.63) is 69.3 Å². The average molecular weight is 578 g/mol. The van der Waals surface area contributed by atoms with Gasteiger partial charge in [-0.15, -0.1) is 11.3 Å². The van der Waals surface area contributed by atoms with Crippen molar-refractivity contribution >= 4 is 51.5 Å². The zero-order valence-corrected chi connectivity index (χ0v) is 23.0. The molecule has 1 saturated heterocycles. The molecule has 0 radical (unpaired) electrons. The van der Waals surface area contributed by atoms with Gasteiger partial charge in [-0.25, -0.2) is 9.37 Å². The van der Waals surface area contributed by atoms with Gasteiger partial charge in [-0.3, -0.25) is 9.36 Å². The number of hydrogen-bond acceptors (Lipinski definition) is 6. The second kappa shape index (κ2) is 11.5. The maximum absolute atomic E-state index is 12.6. The molecule has 5 rings (SSSR count). The number of fused-ring (bicyclic) bond motifs is 1. The highest BCUT2D eigenvalue weighted by atomic mass is 35.5. The van der Waals surface area contributed by atoms with Gasteiger partial charge >= 0.3 is 0 Å². The highest BCUT2D eigenvalue weighted by Gasteiger charge is 2.24. The summed E-state index contributed by atoms with van der Waals surface area (Å²) in [5.41, 5.74) is 8.00. The fourth-order valence-corrected chi connectivity index (χ4v) is 6.06. The Morgan fingerprint density at radius 3 is 2.74 bits per heavy atom. The molecule has 1 aliphatic heterocycles. The topological polar surface area (TPSA) is 82.6 Å². The zero-order chi connectivity index (χ0) is 26.8. The summed E-state index contributed by atoms with van der Waals surface area (Å²) in [7, 11) is 0. The smallest absolute Gasteiger partial charge is 0.262 e. The van der Waals surface area contributed by atoms with Gasteiger partial charge in [0, 0.05) is 36.3 Å². The molecule has 2 aromatic carbocycles. The monoisotopic (exact) mass is 576 g/mol. The van der Waals surface area contributed by atoms with Gasteiger partial charge in [-0.05, 0) is 44.0 Å². The highest BCUT2D eigenvalue weighted by Crippen LogP contribution is 2.39. The summed E-state index contributed by atoms with van der Waals surface area (Å²) in [6.07, 6.45) is 2.81. The fraction of sp³-hybridized carbons (Fsp3) is 0.333. The number of imidazole rings is 1. The van der Waals surface area contributed by atoms with E-state index in [4.69, 9.17) is 38.4 Å². The molecule has 0 aliphatic carbocycles. The Labute approximate surface area is 233 Å². The minimum atomic E-state index is -0.585.